The number of nitrogens with zero attached hydrogens (tertiary/aromatic N) is 1. The second kappa shape index (κ2) is 6.87. The zero-order valence-corrected chi connectivity index (χ0v) is 14.6. The summed E-state index contributed by atoms with van der Waals surface area (Å²) in [6, 6.07) is 15.6. The Morgan fingerprint density at radius 2 is 1.77 bits per heavy atom. The molecule has 0 amide bonds. The van der Waals surface area contributed by atoms with Gasteiger partial charge in [-0.25, -0.2) is 0 Å². The number of hydrogen-bond acceptors (Lipinski definition) is 2. The van der Waals surface area contributed by atoms with Crippen LogP contribution in [0.3, 0.4) is 0 Å². The van der Waals surface area contributed by atoms with Gasteiger partial charge < -0.3 is 14.8 Å². The minimum absolute atomic E-state index is 0.247. The molecule has 1 saturated carbocycles. The number of fused-ring (bicyclic) bond motifs is 1. The summed E-state index contributed by atoms with van der Waals surface area (Å²) in [6.07, 6.45) is 6.21. The molecule has 3 aromatic rings. The summed E-state index contributed by atoms with van der Waals surface area (Å²) < 4.78 is 1.82. The molecule has 4 rings (SSSR count). The van der Waals surface area contributed by atoms with E-state index in [1.54, 1.807) is 0 Å². The Bertz CT molecular complexity index is 920. The van der Waals surface area contributed by atoms with E-state index in [1.165, 1.54) is 0 Å². The maximum absolute atomic E-state index is 11.8. The SMILES string of the molecule is O=C(O)[C@H](c1ccc(Cn2cc3ccccc3c2O)cc1)C1CCCC1. The van der Waals surface area contributed by atoms with E-state index in [2.05, 4.69) is 0 Å². The molecule has 0 radical (unpaired) electrons. The highest BCUT2D eigenvalue weighted by Crippen LogP contribution is 2.37. The van der Waals surface area contributed by atoms with E-state index in [0.717, 1.165) is 47.6 Å². The molecule has 1 fully saturated rings. The molecule has 26 heavy (non-hydrogen) atoms. The molecule has 0 bridgehead atoms. The summed E-state index contributed by atoms with van der Waals surface area (Å²) in [4.78, 5) is 11.8. The van der Waals surface area contributed by atoms with Crippen molar-refractivity contribution in [3.05, 3.63) is 65.9 Å². The van der Waals surface area contributed by atoms with Crippen LogP contribution < -0.4 is 0 Å². The molecule has 1 aliphatic rings. The van der Waals surface area contributed by atoms with E-state index in [0.29, 0.717) is 6.54 Å². The van der Waals surface area contributed by atoms with Crippen molar-refractivity contribution >= 4 is 16.7 Å². The first-order valence-electron chi connectivity index (χ1n) is 9.22. The molecule has 4 nitrogen and oxygen atoms in total. The van der Waals surface area contributed by atoms with Gasteiger partial charge in [0.15, 0.2) is 5.88 Å². The maximum Gasteiger partial charge on any atom is 0.311 e. The molecule has 0 aliphatic heterocycles. The van der Waals surface area contributed by atoms with E-state index in [1.807, 2.05) is 59.3 Å². The number of aromatic nitrogens is 1. The van der Waals surface area contributed by atoms with Crippen LogP contribution in [0.2, 0.25) is 0 Å². The molecule has 0 saturated heterocycles. The van der Waals surface area contributed by atoms with Crippen molar-refractivity contribution in [2.75, 3.05) is 0 Å². The summed E-state index contributed by atoms with van der Waals surface area (Å²) in [5.41, 5.74) is 1.93. The summed E-state index contributed by atoms with van der Waals surface area (Å²) >= 11 is 0. The number of hydrogen-bond donors (Lipinski definition) is 2. The summed E-state index contributed by atoms with van der Waals surface area (Å²) in [7, 11) is 0. The third-order valence-electron chi connectivity index (χ3n) is 5.60. The molecule has 1 aromatic heterocycles. The molecule has 2 N–H and O–H groups in total. The first kappa shape index (κ1) is 16.7. The van der Waals surface area contributed by atoms with E-state index in [4.69, 9.17) is 0 Å². The van der Waals surface area contributed by atoms with Crippen molar-refractivity contribution in [2.24, 2.45) is 5.92 Å². The van der Waals surface area contributed by atoms with Crippen molar-refractivity contribution in [3.8, 4) is 5.88 Å². The number of carbonyl (C=O) groups is 1. The number of aromatic hydroxyl groups is 1. The van der Waals surface area contributed by atoms with Gasteiger partial charge in [-0.1, -0.05) is 55.3 Å². The van der Waals surface area contributed by atoms with E-state index >= 15 is 0 Å². The van der Waals surface area contributed by atoms with Gasteiger partial charge in [-0.05, 0) is 36.0 Å². The predicted octanol–water partition coefficient (Wildman–Crippen LogP) is 4.75. The summed E-state index contributed by atoms with van der Waals surface area (Å²) in [5.74, 6) is -0.621. The van der Waals surface area contributed by atoms with Crippen molar-refractivity contribution < 1.29 is 15.0 Å². The van der Waals surface area contributed by atoms with Crippen LogP contribution in [0, 0.1) is 5.92 Å². The Balaban J connectivity index is 1.57. The summed E-state index contributed by atoms with van der Waals surface area (Å²) in [6.45, 7) is 0.558. The van der Waals surface area contributed by atoms with Crippen LogP contribution in [0.4, 0.5) is 0 Å². The quantitative estimate of drug-likeness (QED) is 0.698. The highest BCUT2D eigenvalue weighted by molar-refractivity contribution is 5.87. The minimum atomic E-state index is -0.723. The lowest BCUT2D eigenvalue weighted by Crippen LogP contribution is -2.19. The second-order valence-corrected chi connectivity index (χ2v) is 7.27. The molecule has 0 unspecified atom stereocenters. The van der Waals surface area contributed by atoms with Crippen LogP contribution in [0.25, 0.3) is 10.8 Å². The Morgan fingerprint density at radius 3 is 2.42 bits per heavy atom. The lowest BCUT2D eigenvalue weighted by Gasteiger charge is -2.20. The van der Waals surface area contributed by atoms with Gasteiger partial charge in [-0.2, -0.15) is 0 Å². The van der Waals surface area contributed by atoms with Gasteiger partial charge in [0, 0.05) is 17.0 Å². The number of benzene rings is 2. The fourth-order valence-electron chi connectivity index (χ4n) is 4.25. The lowest BCUT2D eigenvalue weighted by molar-refractivity contribution is -0.140. The molecule has 1 atom stereocenters. The molecule has 0 spiro atoms. The van der Waals surface area contributed by atoms with Crippen molar-refractivity contribution in [3.63, 3.8) is 0 Å². The number of aliphatic carboxylic acids is 1. The average molecular weight is 349 g/mol. The lowest BCUT2D eigenvalue weighted by atomic mass is 9.84. The van der Waals surface area contributed by atoms with Crippen molar-refractivity contribution in [1.82, 2.24) is 4.57 Å². The molecule has 134 valence electrons. The van der Waals surface area contributed by atoms with Gasteiger partial charge in [-0.15, -0.1) is 0 Å². The van der Waals surface area contributed by atoms with Gasteiger partial charge in [0.1, 0.15) is 0 Å². The highest BCUT2D eigenvalue weighted by atomic mass is 16.4. The molecule has 4 heteroatoms. The predicted molar refractivity (Wildman–Crippen MR) is 101 cm³/mol. The van der Waals surface area contributed by atoms with Gasteiger partial charge >= 0.3 is 5.97 Å². The Labute approximate surface area is 152 Å². The number of carboxylic acid groups (broad SMARTS) is 1. The third kappa shape index (κ3) is 3.07. The molecule has 1 heterocycles. The molecule has 2 aromatic carbocycles. The van der Waals surface area contributed by atoms with Crippen LogP contribution in [0.5, 0.6) is 5.88 Å². The third-order valence-corrected chi connectivity index (χ3v) is 5.60. The van der Waals surface area contributed by atoms with E-state index < -0.39 is 11.9 Å². The zero-order valence-electron chi connectivity index (χ0n) is 14.6. The molecule has 1 aliphatic carbocycles. The van der Waals surface area contributed by atoms with Gasteiger partial charge in [0.2, 0.25) is 0 Å². The van der Waals surface area contributed by atoms with Crippen LogP contribution in [0.15, 0.2) is 54.7 Å². The fourth-order valence-corrected chi connectivity index (χ4v) is 4.25. The first-order valence-corrected chi connectivity index (χ1v) is 9.22. The van der Waals surface area contributed by atoms with Gasteiger partial charge in [0.25, 0.3) is 0 Å². The van der Waals surface area contributed by atoms with Gasteiger partial charge in [-0.3, -0.25) is 4.79 Å². The second-order valence-electron chi connectivity index (χ2n) is 7.27. The average Bonchev–Trinajstić information content (AvgIpc) is 3.26. The van der Waals surface area contributed by atoms with Crippen molar-refractivity contribution in [2.45, 2.75) is 38.1 Å². The highest BCUT2D eigenvalue weighted by Gasteiger charge is 2.31. The Kier molecular flexibility index (Phi) is 4.41. The van der Waals surface area contributed by atoms with Crippen LogP contribution in [0.1, 0.15) is 42.7 Å². The first-order chi connectivity index (χ1) is 12.6. The topological polar surface area (TPSA) is 62.5 Å². The Hall–Kier alpha value is -2.75. The maximum atomic E-state index is 11.8. The van der Waals surface area contributed by atoms with Crippen molar-refractivity contribution in [1.29, 1.82) is 0 Å². The van der Waals surface area contributed by atoms with Crippen LogP contribution in [-0.2, 0) is 11.3 Å². The Morgan fingerprint density at radius 1 is 1.08 bits per heavy atom. The fraction of sp³-hybridized carbons (Fsp3) is 0.318. The van der Waals surface area contributed by atoms with E-state index in [-0.39, 0.29) is 11.8 Å². The standard InChI is InChI=1S/C22H23NO3/c24-21-19-8-4-3-7-18(19)14-23(21)13-15-9-11-17(12-10-15)20(22(25)26)16-5-1-2-6-16/h3-4,7-12,14,16,20,24H,1-2,5-6,13H2,(H,25,26)/t20-/m0/s1. The molecular weight excluding hydrogens is 326 g/mol. The van der Waals surface area contributed by atoms with Gasteiger partial charge in [0.05, 0.1) is 12.5 Å². The van der Waals surface area contributed by atoms with Crippen LogP contribution in [-0.4, -0.2) is 20.7 Å². The minimum Gasteiger partial charge on any atom is -0.494 e. The zero-order chi connectivity index (χ0) is 18.1. The number of carboxylic acids is 1. The largest absolute Gasteiger partial charge is 0.494 e. The molecular formula is C22H23NO3. The van der Waals surface area contributed by atoms with Crippen LogP contribution >= 0.6 is 0 Å². The monoisotopic (exact) mass is 349 g/mol. The normalized spacial score (nSPS) is 16.2. The number of rotatable bonds is 5. The van der Waals surface area contributed by atoms with E-state index in [9.17, 15) is 15.0 Å². The smallest absolute Gasteiger partial charge is 0.311 e. The summed E-state index contributed by atoms with van der Waals surface area (Å²) in [5, 5.41) is 21.9.